The Morgan fingerprint density at radius 2 is 1.93 bits per heavy atom. The van der Waals surface area contributed by atoms with E-state index in [2.05, 4.69) is 27.7 Å². The predicted octanol–water partition coefficient (Wildman–Crippen LogP) is 2.96. The Kier molecular flexibility index (Phi) is 4.60. The lowest BCUT2D eigenvalue weighted by Gasteiger charge is -2.27. The van der Waals surface area contributed by atoms with Crippen LogP contribution in [0.5, 0.6) is 0 Å². The first-order valence-electron chi connectivity index (χ1n) is 6.31. The summed E-state index contributed by atoms with van der Waals surface area (Å²) < 4.78 is 5.77. The summed E-state index contributed by atoms with van der Waals surface area (Å²) >= 11 is 0. The fraction of sp³-hybridized carbons (Fsp3) is 1.00. The second-order valence-electron chi connectivity index (χ2n) is 6.02. The van der Waals surface area contributed by atoms with Crippen molar-refractivity contribution in [2.75, 3.05) is 6.61 Å². The monoisotopic (exact) mass is 213 g/mol. The van der Waals surface area contributed by atoms with Crippen LogP contribution in [0.25, 0.3) is 0 Å². The Hall–Kier alpha value is -0.0800. The highest BCUT2D eigenvalue weighted by Crippen LogP contribution is 2.36. The van der Waals surface area contributed by atoms with E-state index in [4.69, 9.17) is 10.5 Å². The molecule has 0 aromatic heterocycles. The molecule has 0 heterocycles. The van der Waals surface area contributed by atoms with E-state index in [9.17, 15) is 0 Å². The van der Waals surface area contributed by atoms with Crippen molar-refractivity contribution >= 4 is 0 Å². The SMILES string of the molecule is CCOC(C(N)CCC(C)(C)C)C1CC1. The van der Waals surface area contributed by atoms with Gasteiger partial charge in [0.15, 0.2) is 0 Å². The van der Waals surface area contributed by atoms with Gasteiger partial charge in [-0.2, -0.15) is 0 Å². The van der Waals surface area contributed by atoms with Crippen LogP contribution in [0.15, 0.2) is 0 Å². The van der Waals surface area contributed by atoms with Gasteiger partial charge in [0.1, 0.15) is 0 Å². The van der Waals surface area contributed by atoms with E-state index < -0.39 is 0 Å². The van der Waals surface area contributed by atoms with Gasteiger partial charge >= 0.3 is 0 Å². The third-order valence-electron chi connectivity index (χ3n) is 3.10. The molecule has 1 fully saturated rings. The van der Waals surface area contributed by atoms with Gasteiger partial charge in [-0.05, 0) is 43.9 Å². The molecule has 2 N–H and O–H groups in total. The average molecular weight is 213 g/mol. The second-order valence-corrected chi connectivity index (χ2v) is 6.02. The van der Waals surface area contributed by atoms with Crippen LogP contribution in [0, 0.1) is 11.3 Å². The van der Waals surface area contributed by atoms with Gasteiger partial charge in [-0.3, -0.25) is 0 Å². The second kappa shape index (κ2) is 5.31. The van der Waals surface area contributed by atoms with E-state index in [0.29, 0.717) is 11.5 Å². The van der Waals surface area contributed by atoms with Crippen LogP contribution in [-0.4, -0.2) is 18.8 Å². The molecule has 2 nitrogen and oxygen atoms in total. The van der Waals surface area contributed by atoms with Crippen LogP contribution in [0.2, 0.25) is 0 Å². The minimum atomic E-state index is 0.233. The van der Waals surface area contributed by atoms with E-state index in [1.807, 2.05) is 0 Å². The molecule has 2 atom stereocenters. The number of nitrogens with two attached hydrogens (primary N) is 1. The first-order valence-corrected chi connectivity index (χ1v) is 6.31. The molecule has 0 spiro atoms. The Balaban J connectivity index is 2.32. The first-order chi connectivity index (χ1) is 6.94. The van der Waals surface area contributed by atoms with E-state index in [1.165, 1.54) is 19.3 Å². The maximum atomic E-state index is 6.23. The molecule has 0 radical (unpaired) electrons. The van der Waals surface area contributed by atoms with Gasteiger partial charge in [0.2, 0.25) is 0 Å². The lowest BCUT2D eigenvalue weighted by Crippen LogP contribution is -2.39. The third kappa shape index (κ3) is 4.98. The van der Waals surface area contributed by atoms with Gasteiger partial charge in [0.05, 0.1) is 6.10 Å². The molecule has 2 unspecified atom stereocenters. The zero-order valence-corrected chi connectivity index (χ0v) is 10.8. The molecular formula is C13H27NO. The quantitative estimate of drug-likeness (QED) is 0.736. The molecule has 0 saturated heterocycles. The highest BCUT2D eigenvalue weighted by Gasteiger charge is 2.35. The number of hydrogen-bond donors (Lipinski definition) is 1. The number of rotatable bonds is 6. The van der Waals surface area contributed by atoms with Crippen LogP contribution in [0.4, 0.5) is 0 Å². The largest absolute Gasteiger partial charge is 0.377 e. The fourth-order valence-corrected chi connectivity index (χ4v) is 1.99. The minimum absolute atomic E-state index is 0.233. The molecular weight excluding hydrogens is 186 g/mol. The van der Waals surface area contributed by atoms with Crippen molar-refractivity contribution < 1.29 is 4.74 Å². The molecule has 1 saturated carbocycles. The summed E-state index contributed by atoms with van der Waals surface area (Å²) in [6.07, 6.45) is 5.22. The predicted molar refractivity (Wildman–Crippen MR) is 64.8 cm³/mol. The van der Waals surface area contributed by atoms with Crippen molar-refractivity contribution in [2.45, 2.75) is 65.5 Å². The third-order valence-corrected chi connectivity index (χ3v) is 3.10. The Morgan fingerprint density at radius 1 is 1.33 bits per heavy atom. The summed E-state index contributed by atoms with van der Waals surface area (Å²) in [6, 6.07) is 0.233. The maximum absolute atomic E-state index is 6.23. The smallest absolute Gasteiger partial charge is 0.0753 e. The van der Waals surface area contributed by atoms with Crippen LogP contribution >= 0.6 is 0 Å². The van der Waals surface area contributed by atoms with Gasteiger partial charge in [-0.15, -0.1) is 0 Å². The van der Waals surface area contributed by atoms with Gasteiger partial charge in [-0.1, -0.05) is 20.8 Å². The van der Waals surface area contributed by atoms with Crippen molar-refractivity contribution in [1.82, 2.24) is 0 Å². The van der Waals surface area contributed by atoms with Crippen LogP contribution < -0.4 is 5.73 Å². The van der Waals surface area contributed by atoms with Gasteiger partial charge in [0, 0.05) is 12.6 Å². The standard InChI is InChI=1S/C13H27NO/c1-5-15-12(10-6-7-10)11(14)8-9-13(2,3)4/h10-12H,5-9,14H2,1-4H3. The molecule has 0 amide bonds. The lowest BCUT2D eigenvalue weighted by atomic mass is 9.87. The van der Waals surface area contributed by atoms with Crippen LogP contribution in [0.1, 0.15) is 53.4 Å². The highest BCUT2D eigenvalue weighted by molar-refractivity contribution is 4.89. The van der Waals surface area contributed by atoms with Crippen molar-refractivity contribution in [2.24, 2.45) is 17.1 Å². The molecule has 1 aliphatic rings. The highest BCUT2D eigenvalue weighted by atomic mass is 16.5. The van der Waals surface area contributed by atoms with Crippen molar-refractivity contribution in [3.05, 3.63) is 0 Å². The summed E-state index contributed by atoms with van der Waals surface area (Å²) in [7, 11) is 0. The fourth-order valence-electron chi connectivity index (χ4n) is 1.99. The average Bonchev–Trinajstić information content (AvgIpc) is 2.92. The summed E-state index contributed by atoms with van der Waals surface area (Å²) in [4.78, 5) is 0. The molecule has 2 heteroatoms. The Bertz CT molecular complexity index is 181. The molecule has 1 aliphatic carbocycles. The Labute approximate surface area is 94.6 Å². The van der Waals surface area contributed by atoms with E-state index >= 15 is 0 Å². The maximum Gasteiger partial charge on any atom is 0.0753 e. The lowest BCUT2D eigenvalue weighted by molar-refractivity contribution is 0.0244. The topological polar surface area (TPSA) is 35.2 Å². The molecule has 90 valence electrons. The molecule has 0 aromatic rings. The van der Waals surface area contributed by atoms with Crippen molar-refractivity contribution in [1.29, 1.82) is 0 Å². The van der Waals surface area contributed by atoms with E-state index in [-0.39, 0.29) is 6.04 Å². The van der Waals surface area contributed by atoms with Gasteiger partial charge in [0.25, 0.3) is 0 Å². The van der Waals surface area contributed by atoms with Crippen LogP contribution in [0.3, 0.4) is 0 Å². The molecule has 0 bridgehead atoms. The first kappa shape index (κ1) is 13.0. The summed E-state index contributed by atoms with van der Waals surface area (Å²) in [5.41, 5.74) is 6.61. The molecule has 0 aromatic carbocycles. The number of hydrogen-bond acceptors (Lipinski definition) is 2. The zero-order chi connectivity index (χ0) is 11.5. The van der Waals surface area contributed by atoms with Gasteiger partial charge < -0.3 is 10.5 Å². The number of ether oxygens (including phenoxy) is 1. The van der Waals surface area contributed by atoms with Crippen LogP contribution in [-0.2, 0) is 4.74 Å². The normalized spacial score (nSPS) is 21.4. The van der Waals surface area contributed by atoms with Crippen molar-refractivity contribution in [3.8, 4) is 0 Å². The summed E-state index contributed by atoms with van der Waals surface area (Å²) in [5.74, 6) is 0.750. The molecule has 0 aliphatic heterocycles. The van der Waals surface area contributed by atoms with E-state index in [0.717, 1.165) is 18.9 Å². The summed E-state index contributed by atoms with van der Waals surface area (Å²) in [6.45, 7) is 9.67. The molecule has 1 rings (SSSR count). The van der Waals surface area contributed by atoms with Gasteiger partial charge in [-0.25, -0.2) is 0 Å². The minimum Gasteiger partial charge on any atom is -0.377 e. The molecule has 15 heavy (non-hydrogen) atoms. The van der Waals surface area contributed by atoms with E-state index in [1.54, 1.807) is 0 Å². The van der Waals surface area contributed by atoms with Crippen molar-refractivity contribution in [3.63, 3.8) is 0 Å². The zero-order valence-electron chi connectivity index (χ0n) is 10.8. The Morgan fingerprint density at radius 3 is 2.33 bits per heavy atom. The summed E-state index contributed by atoms with van der Waals surface area (Å²) in [5, 5.41) is 0.